The molecule has 1 heterocycles. The minimum absolute atomic E-state index is 0.0591. The zero-order valence-corrected chi connectivity index (χ0v) is 12.8. The van der Waals surface area contributed by atoms with E-state index in [-0.39, 0.29) is 11.9 Å². The molecule has 22 heavy (non-hydrogen) atoms. The number of amides is 1. The summed E-state index contributed by atoms with van der Waals surface area (Å²) in [5.74, 6) is 0.241. The molecule has 0 aliphatic heterocycles. The Bertz CT molecular complexity index is 602. The van der Waals surface area contributed by atoms with Crippen molar-refractivity contribution in [3.63, 3.8) is 0 Å². The maximum Gasteiger partial charge on any atom is 0.270 e. The van der Waals surface area contributed by atoms with Gasteiger partial charge in [-0.3, -0.25) is 4.79 Å². The molecule has 0 unspecified atom stereocenters. The highest BCUT2D eigenvalue weighted by molar-refractivity contribution is 5.92. The number of carbonyl (C=O) groups is 1. The van der Waals surface area contributed by atoms with Gasteiger partial charge < -0.3 is 16.0 Å². The van der Waals surface area contributed by atoms with Crippen molar-refractivity contribution in [3.05, 3.63) is 53.9 Å². The molecule has 6 heteroatoms. The average Bonchev–Trinajstić information content (AvgIpc) is 2.56. The zero-order chi connectivity index (χ0) is 15.8. The Morgan fingerprint density at radius 2 is 1.95 bits per heavy atom. The highest BCUT2D eigenvalue weighted by atomic mass is 16.1. The molecule has 0 bridgehead atoms. The van der Waals surface area contributed by atoms with Crippen LogP contribution in [-0.4, -0.2) is 36.0 Å². The summed E-state index contributed by atoms with van der Waals surface area (Å²) >= 11 is 0. The molecule has 0 fully saturated rings. The molecule has 116 valence electrons. The first kappa shape index (κ1) is 15.9. The normalized spacial score (nSPS) is 11.7. The van der Waals surface area contributed by atoms with Crippen LogP contribution in [0.5, 0.6) is 0 Å². The van der Waals surface area contributed by atoms with Crippen LogP contribution in [-0.2, 0) is 0 Å². The largest absolute Gasteiger partial charge is 0.349 e. The fourth-order valence-corrected chi connectivity index (χ4v) is 1.96. The van der Waals surface area contributed by atoms with Gasteiger partial charge in [-0.05, 0) is 25.6 Å². The Balaban J connectivity index is 2.00. The summed E-state index contributed by atoms with van der Waals surface area (Å²) in [5.41, 5.74) is 1.49. The maximum absolute atomic E-state index is 12.0. The first-order valence-corrected chi connectivity index (χ1v) is 7.28. The number of nitrogens with one attached hydrogen (secondary N) is 3. The van der Waals surface area contributed by atoms with E-state index in [4.69, 9.17) is 0 Å². The van der Waals surface area contributed by atoms with Gasteiger partial charge in [-0.15, -0.1) is 0 Å². The van der Waals surface area contributed by atoms with Crippen LogP contribution in [0.1, 0.15) is 29.0 Å². The molecule has 1 aromatic carbocycles. The van der Waals surface area contributed by atoms with Gasteiger partial charge in [-0.1, -0.05) is 30.3 Å². The lowest BCUT2D eigenvalue weighted by atomic mass is 10.1. The van der Waals surface area contributed by atoms with Gasteiger partial charge in [0.25, 0.3) is 5.91 Å². The van der Waals surface area contributed by atoms with E-state index in [1.807, 2.05) is 44.3 Å². The first-order chi connectivity index (χ1) is 10.7. The topological polar surface area (TPSA) is 78.9 Å². The van der Waals surface area contributed by atoms with E-state index in [2.05, 4.69) is 25.9 Å². The second-order valence-electron chi connectivity index (χ2n) is 4.90. The summed E-state index contributed by atoms with van der Waals surface area (Å²) in [4.78, 5) is 20.4. The Kier molecular flexibility index (Phi) is 5.85. The minimum atomic E-state index is -0.201. The van der Waals surface area contributed by atoms with E-state index in [1.165, 1.54) is 0 Å². The molecule has 0 spiro atoms. The third-order valence-corrected chi connectivity index (χ3v) is 3.19. The van der Waals surface area contributed by atoms with Gasteiger partial charge in [0.1, 0.15) is 5.69 Å². The van der Waals surface area contributed by atoms with Crippen LogP contribution >= 0.6 is 0 Å². The number of aromatic nitrogens is 2. The number of hydrogen-bond donors (Lipinski definition) is 3. The predicted octanol–water partition coefficient (Wildman–Crippen LogP) is 1.60. The summed E-state index contributed by atoms with van der Waals surface area (Å²) in [6.45, 7) is 3.30. The number of benzene rings is 1. The van der Waals surface area contributed by atoms with Crippen LogP contribution in [0, 0.1) is 0 Å². The van der Waals surface area contributed by atoms with Gasteiger partial charge in [0.2, 0.25) is 5.95 Å². The molecule has 3 N–H and O–H groups in total. The molecule has 0 aliphatic rings. The molecule has 1 atom stereocenters. The van der Waals surface area contributed by atoms with Gasteiger partial charge in [0, 0.05) is 19.3 Å². The standard InChI is InChI=1S/C16H21N5O/c1-12(13-6-4-3-5-7-13)20-16-19-9-8-14(21-16)15(22)18-11-10-17-2/h3-9,12,17H,10-11H2,1-2H3,(H,18,22)(H,19,20,21)/t12-/m0/s1. The molecular formula is C16H21N5O. The Hall–Kier alpha value is -2.47. The van der Waals surface area contributed by atoms with Crippen LogP contribution in [0.2, 0.25) is 0 Å². The van der Waals surface area contributed by atoms with Crippen molar-refractivity contribution in [1.82, 2.24) is 20.6 Å². The van der Waals surface area contributed by atoms with E-state index in [9.17, 15) is 4.79 Å². The second kappa shape index (κ2) is 8.09. The SMILES string of the molecule is CNCCNC(=O)c1ccnc(N[C@@H](C)c2ccccc2)n1. The lowest BCUT2D eigenvalue weighted by Crippen LogP contribution is -2.31. The second-order valence-corrected chi connectivity index (χ2v) is 4.90. The highest BCUT2D eigenvalue weighted by Crippen LogP contribution is 2.16. The molecule has 1 aromatic heterocycles. The van der Waals surface area contributed by atoms with E-state index >= 15 is 0 Å². The highest BCUT2D eigenvalue weighted by Gasteiger charge is 2.10. The molecule has 2 rings (SSSR count). The number of anilines is 1. The van der Waals surface area contributed by atoms with Crippen molar-refractivity contribution < 1.29 is 4.79 Å². The first-order valence-electron chi connectivity index (χ1n) is 7.28. The van der Waals surface area contributed by atoms with E-state index in [1.54, 1.807) is 12.3 Å². The van der Waals surface area contributed by atoms with Gasteiger partial charge >= 0.3 is 0 Å². The molecule has 0 radical (unpaired) electrons. The molecule has 0 aliphatic carbocycles. The fraction of sp³-hybridized carbons (Fsp3) is 0.312. The zero-order valence-electron chi connectivity index (χ0n) is 12.8. The molecule has 2 aromatic rings. The summed E-state index contributed by atoms with van der Waals surface area (Å²) in [7, 11) is 1.84. The van der Waals surface area contributed by atoms with Gasteiger partial charge in [0.05, 0.1) is 6.04 Å². The van der Waals surface area contributed by atoms with Crippen molar-refractivity contribution in [2.75, 3.05) is 25.5 Å². The van der Waals surface area contributed by atoms with Crippen LogP contribution < -0.4 is 16.0 Å². The third-order valence-electron chi connectivity index (χ3n) is 3.19. The lowest BCUT2D eigenvalue weighted by molar-refractivity contribution is 0.0949. The van der Waals surface area contributed by atoms with E-state index < -0.39 is 0 Å². The monoisotopic (exact) mass is 299 g/mol. The number of likely N-dealkylation sites (N-methyl/N-ethyl adjacent to an activating group) is 1. The quantitative estimate of drug-likeness (QED) is 0.677. The molecule has 0 saturated carbocycles. The van der Waals surface area contributed by atoms with Crippen molar-refractivity contribution in [3.8, 4) is 0 Å². The van der Waals surface area contributed by atoms with Crippen LogP contribution in [0.4, 0.5) is 5.95 Å². The van der Waals surface area contributed by atoms with Crippen molar-refractivity contribution in [2.45, 2.75) is 13.0 Å². The van der Waals surface area contributed by atoms with E-state index in [0.717, 1.165) is 5.56 Å². The smallest absolute Gasteiger partial charge is 0.270 e. The summed E-state index contributed by atoms with van der Waals surface area (Å²) < 4.78 is 0. The maximum atomic E-state index is 12.0. The number of carbonyl (C=O) groups excluding carboxylic acids is 1. The summed E-state index contributed by atoms with van der Waals surface area (Å²) in [5, 5.41) is 8.97. The number of hydrogen-bond acceptors (Lipinski definition) is 5. The van der Waals surface area contributed by atoms with Gasteiger partial charge in [0.15, 0.2) is 0 Å². The van der Waals surface area contributed by atoms with Crippen molar-refractivity contribution >= 4 is 11.9 Å². The van der Waals surface area contributed by atoms with Crippen LogP contribution in [0.25, 0.3) is 0 Å². The molecule has 1 amide bonds. The van der Waals surface area contributed by atoms with Crippen LogP contribution in [0.3, 0.4) is 0 Å². The van der Waals surface area contributed by atoms with Crippen molar-refractivity contribution in [2.24, 2.45) is 0 Å². The lowest BCUT2D eigenvalue weighted by Gasteiger charge is -2.14. The summed E-state index contributed by atoms with van der Waals surface area (Å²) in [6, 6.07) is 11.7. The third kappa shape index (κ3) is 4.53. The predicted molar refractivity (Wildman–Crippen MR) is 86.8 cm³/mol. The molecular weight excluding hydrogens is 278 g/mol. The number of rotatable bonds is 7. The average molecular weight is 299 g/mol. The number of nitrogens with zero attached hydrogens (tertiary/aromatic N) is 2. The molecule has 6 nitrogen and oxygen atoms in total. The van der Waals surface area contributed by atoms with Crippen LogP contribution in [0.15, 0.2) is 42.6 Å². The Labute approximate surface area is 130 Å². The van der Waals surface area contributed by atoms with Gasteiger partial charge in [-0.25, -0.2) is 9.97 Å². The van der Waals surface area contributed by atoms with E-state index in [0.29, 0.717) is 24.7 Å². The summed E-state index contributed by atoms with van der Waals surface area (Å²) in [6.07, 6.45) is 1.58. The van der Waals surface area contributed by atoms with Gasteiger partial charge in [-0.2, -0.15) is 0 Å². The molecule has 0 saturated heterocycles. The fourth-order valence-electron chi connectivity index (χ4n) is 1.96. The Morgan fingerprint density at radius 1 is 1.18 bits per heavy atom. The van der Waals surface area contributed by atoms with Crippen molar-refractivity contribution in [1.29, 1.82) is 0 Å². The minimum Gasteiger partial charge on any atom is -0.349 e. The Morgan fingerprint density at radius 3 is 2.68 bits per heavy atom.